The highest BCUT2D eigenvalue weighted by Gasteiger charge is 2.60. The van der Waals surface area contributed by atoms with Crippen molar-refractivity contribution in [2.75, 3.05) is 0 Å². The molecule has 0 aromatic heterocycles. The van der Waals surface area contributed by atoms with Gasteiger partial charge < -0.3 is 0 Å². The lowest BCUT2D eigenvalue weighted by Gasteiger charge is -2.67. The molecule has 4 aliphatic carbocycles. The second-order valence-corrected chi connectivity index (χ2v) is 8.15. The predicted molar refractivity (Wildman–Crippen MR) is 64.7 cm³/mol. The molecular formula is C15H26. The van der Waals surface area contributed by atoms with Gasteiger partial charge in [0.05, 0.1) is 0 Å². The summed E-state index contributed by atoms with van der Waals surface area (Å²) in [6, 6.07) is 0. The van der Waals surface area contributed by atoms with Gasteiger partial charge in [-0.1, -0.05) is 27.7 Å². The van der Waals surface area contributed by atoms with E-state index in [1.54, 1.807) is 6.42 Å². The molecule has 4 fully saturated rings. The summed E-state index contributed by atoms with van der Waals surface area (Å²) in [6.07, 6.45) is 9.21. The van der Waals surface area contributed by atoms with Gasteiger partial charge >= 0.3 is 0 Å². The van der Waals surface area contributed by atoms with E-state index in [4.69, 9.17) is 0 Å². The molecule has 4 aliphatic rings. The van der Waals surface area contributed by atoms with Crippen LogP contribution in [-0.4, -0.2) is 0 Å². The van der Waals surface area contributed by atoms with E-state index in [2.05, 4.69) is 27.7 Å². The average molecular weight is 206 g/mol. The zero-order valence-electron chi connectivity index (χ0n) is 10.9. The Morgan fingerprint density at radius 2 is 1.40 bits per heavy atom. The first kappa shape index (κ1) is 10.2. The monoisotopic (exact) mass is 206 g/mol. The van der Waals surface area contributed by atoms with Gasteiger partial charge in [0.15, 0.2) is 0 Å². The maximum Gasteiger partial charge on any atom is -0.0261 e. The minimum absolute atomic E-state index is 0.707. The van der Waals surface area contributed by atoms with Crippen molar-refractivity contribution < 1.29 is 0 Å². The highest BCUT2D eigenvalue weighted by Crippen LogP contribution is 2.71. The Hall–Kier alpha value is 0. The molecule has 0 radical (unpaired) electrons. The molecule has 4 bridgehead atoms. The van der Waals surface area contributed by atoms with Gasteiger partial charge in [-0.2, -0.15) is 0 Å². The first-order valence-corrected chi connectivity index (χ1v) is 6.85. The van der Waals surface area contributed by atoms with Gasteiger partial charge in [-0.05, 0) is 66.6 Å². The summed E-state index contributed by atoms with van der Waals surface area (Å²) in [6.45, 7) is 10.1. The third-order valence-corrected chi connectivity index (χ3v) is 5.89. The second-order valence-electron chi connectivity index (χ2n) is 8.15. The molecule has 0 aromatic carbocycles. The van der Waals surface area contributed by atoms with Crippen molar-refractivity contribution >= 4 is 0 Å². The van der Waals surface area contributed by atoms with Gasteiger partial charge in [-0.3, -0.25) is 0 Å². The fraction of sp³-hybridized carbons (Fsp3) is 1.00. The maximum absolute atomic E-state index is 2.58. The quantitative estimate of drug-likeness (QED) is 0.586. The van der Waals surface area contributed by atoms with E-state index in [1.165, 1.54) is 32.1 Å². The molecule has 0 aliphatic heterocycles. The number of hydrogen-bond acceptors (Lipinski definition) is 0. The molecular weight excluding hydrogens is 180 g/mol. The Bertz CT molecular complexity index is 270. The van der Waals surface area contributed by atoms with Gasteiger partial charge in [-0.25, -0.2) is 0 Å². The molecule has 0 aromatic rings. The summed E-state index contributed by atoms with van der Waals surface area (Å²) >= 11 is 0. The van der Waals surface area contributed by atoms with Crippen LogP contribution >= 0.6 is 0 Å². The van der Waals surface area contributed by atoms with Crippen molar-refractivity contribution in [2.24, 2.45) is 28.1 Å². The van der Waals surface area contributed by atoms with Crippen LogP contribution in [0.25, 0.3) is 0 Å². The van der Waals surface area contributed by atoms with E-state index < -0.39 is 0 Å². The minimum atomic E-state index is 0.707. The smallest absolute Gasteiger partial charge is 0.0261 e. The van der Waals surface area contributed by atoms with Crippen LogP contribution in [0.1, 0.15) is 66.2 Å². The van der Waals surface area contributed by atoms with Crippen LogP contribution in [0.4, 0.5) is 0 Å². The SMILES string of the molecule is CC(C)C12CC3CC(C)(C1)C[C@](C)(C3)C2. The van der Waals surface area contributed by atoms with E-state index in [0.29, 0.717) is 10.8 Å². The van der Waals surface area contributed by atoms with Crippen LogP contribution in [0.15, 0.2) is 0 Å². The molecule has 86 valence electrons. The lowest BCUT2D eigenvalue weighted by Crippen LogP contribution is -2.56. The predicted octanol–water partition coefficient (Wildman–Crippen LogP) is 4.64. The molecule has 3 unspecified atom stereocenters. The minimum Gasteiger partial charge on any atom is -0.0622 e. The first-order chi connectivity index (χ1) is 6.85. The van der Waals surface area contributed by atoms with Crippen LogP contribution in [0.2, 0.25) is 0 Å². The van der Waals surface area contributed by atoms with E-state index in [1.807, 2.05) is 0 Å². The van der Waals surface area contributed by atoms with Gasteiger partial charge in [0.1, 0.15) is 0 Å². The number of rotatable bonds is 1. The summed E-state index contributed by atoms with van der Waals surface area (Å²) in [5.41, 5.74) is 2.14. The first-order valence-electron chi connectivity index (χ1n) is 6.85. The van der Waals surface area contributed by atoms with E-state index in [9.17, 15) is 0 Å². The molecule has 4 saturated carbocycles. The zero-order chi connectivity index (χ0) is 10.9. The summed E-state index contributed by atoms with van der Waals surface area (Å²) in [5, 5.41) is 0. The Labute approximate surface area is 94.8 Å². The van der Waals surface area contributed by atoms with Crippen molar-refractivity contribution in [1.29, 1.82) is 0 Å². The summed E-state index contributed by atoms with van der Waals surface area (Å²) < 4.78 is 0. The molecule has 0 amide bonds. The van der Waals surface area contributed by atoms with E-state index in [0.717, 1.165) is 17.3 Å². The Kier molecular flexibility index (Phi) is 1.78. The largest absolute Gasteiger partial charge is 0.0622 e. The highest BCUT2D eigenvalue weighted by molar-refractivity contribution is 5.10. The third kappa shape index (κ3) is 1.33. The Balaban J connectivity index is 2.02. The molecule has 0 saturated heterocycles. The van der Waals surface area contributed by atoms with Crippen molar-refractivity contribution in [2.45, 2.75) is 66.2 Å². The Morgan fingerprint density at radius 1 is 0.867 bits per heavy atom. The molecule has 0 heteroatoms. The molecule has 0 spiro atoms. The van der Waals surface area contributed by atoms with Crippen molar-refractivity contribution in [3.63, 3.8) is 0 Å². The molecule has 4 atom stereocenters. The van der Waals surface area contributed by atoms with Gasteiger partial charge in [0, 0.05) is 0 Å². The molecule has 4 rings (SSSR count). The maximum atomic E-state index is 2.58. The molecule has 15 heavy (non-hydrogen) atoms. The van der Waals surface area contributed by atoms with Gasteiger partial charge in [-0.15, -0.1) is 0 Å². The summed E-state index contributed by atoms with van der Waals surface area (Å²) in [5.74, 6) is 1.97. The fourth-order valence-electron chi connectivity index (χ4n) is 6.18. The van der Waals surface area contributed by atoms with Crippen LogP contribution in [-0.2, 0) is 0 Å². The zero-order valence-corrected chi connectivity index (χ0v) is 10.9. The van der Waals surface area contributed by atoms with E-state index >= 15 is 0 Å². The van der Waals surface area contributed by atoms with E-state index in [-0.39, 0.29) is 0 Å². The lowest BCUT2D eigenvalue weighted by atomic mass is 9.38. The summed E-state index contributed by atoms with van der Waals surface area (Å²) in [7, 11) is 0. The second kappa shape index (κ2) is 2.63. The van der Waals surface area contributed by atoms with Gasteiger partial charge in [0.25, 0.3) is 0 Å². The van der Waals surface area contributed by atoms with Gasteiger partial charge in [0.2, 0.25) is 0 Å². The van der Waals surface area contributed by atoms with Crippen molar-refractivity contribution in [3.05, 3.63) is 0 Å². The Morgan fingerprint density at radius 3 is 1.80 bits per heavy atom. The van der Waals surface area contributed by atoms with Crippen LogP contribution in [0.5, 0.6) is 0 Å². The van der Waals surface area contributed by atoms with Crippen LogP contribution in [0.3, 0.4) is 0 Å². The highest BCUT2D eigenvalue weighted by atomic mass is 14.6. The molecule has 0 nitrogen and oxygen atoms in total. The standard InChI is InChI=1S/C15H26/c1-11(2)15-7-12-5-13(3,9-15)8-14(4,6-12)10-15/h11-12H,5-10H2,1-4H3/t12?,13-,14?,15?/m0/s1. The molecule has 0 N–H and O–H groups in total. The van der Waals surface area contributed by atoms with Crippen LogP contribution < -0.4 is 0 Å². The molecule has 0 heterocycles. The topological polar surface area (TPSA) is 0 Å². The summed E-state index contributed by atoms with van der Waals surface area (Å²) in [4.78, 5) is 0. The fourth-order valence-corrected chi connectivity index (χ4v) is 6.18. The number of hydrogen-bond donors (Lipinski definition) is 0. The average Bonchev–Trinajstić information content (AvgIpc) is 1.95. The normalized spacial score (nSPS) is 57.8. The lowest BCUT2D eigenvalue weighted by molar-refractivity contribution is -0.162. The van der Waals surface area contributed by atoms with Crippen molar-refractivity contribution in [3.8, 4) is 0 Å². The third-order valence-electron chi connectivity index (χ3n) is 5.89. The van der Waals surface area contributed by atoms with Crippen LogP contribution in [0, 0.1) is 28.1 Å². The van der Waals surface area contributed by atoms with Crippen molar-refractivity contribution in [1.82, 2.24) is 0 Å².